The zero-order valence-corrected chi connectivity index (χ0v) is 11.9. The van der Waals surface area contributed by atoms with Gasteiger partial charge in [0.2, 0.25) is 0 Å². The monoisotopic (exact) mass is 304 g/mol. The van der Waals surface area contributed by atoms with Gasteiger partial charge in [-0.3, -0.25) is 19.9 Å². The zero-order valence-electron chi connectivity index (χ0n) is 11.9. The lowest BCUT2D eigenvalue weighted by molar-refractivity contribution is -0.384. The van der Waals surface area contributed by atoms with Gasteiger partial charge in [0.05, 0.1) is 16.2 Å². The number of hydrogen-bond acceptors (Lipinski definition) is 5. The molecular weight excluding hydrogens is 291 g/mol. The smallest absolute Gasteiger partial charge is 0.270 e. The molecule has 0 unspecified atom stereocenters. The van der Waals surface area contributed by atoms with E-state index in [-0.39, 0.29) is 28.1 Å². The number of hydrogen-bond donors (Lipinski definition) is 1. The van der Waals surface area contributed by atoms with E-state index in [4.69, 9.17) is 5.73 Å². The number of nitrogens with zero attached hydrogens (tertiary/aromatic N) is 3. The molecule has 2 rings (SSSR count). The molecular formula is C14H13FN4O3. The van der Waals surface area contributed by atoms with Crippen molar-refractivity contribution < 1.29 is 9.31 Å². The van der Waals surface area contributed by atoms with Gasteiger partial charge in [0.25, 0.3) is 11.2 Å². The van der Waals surface area contributed by atoms with Gasteiger partial charge in [-0.2, -0.15) is 0 Å². The lowest BCUT2D eigenvalue weighted by Crippen LogP contribution is -2.23. The lowest BCUT2D eigenvalue weighted by atomic mass is 10.0. The molecule has 1 aromatic heterocycles. The third-order valence-electron chi connectivity index (χ3n) is 3.16. The van der Waals surface area contributed by atoms with Gasteiger partial charge in [0, 0.05) is 49.8 Å². The van der Waals surface area contributed by atoms with Crippen LogP contribution in [0.25, 0.3) is 11.1 Å². The Labute approximate surface area is 124 Å². The van der Waals surface area contributed by atoms with Crippen LogP contribution in [0.1, 0.15) is 5.56 Å². The Kier molecular flexibility index (Phi) is 4.02. The Balaban J connectivity index is 2.81. The highest BCUT2D eigenvalue weighted by Gasteiger charge is 2.18. The van der Waals surface area contributed by atoms with Crippen LogP contribution in [0.15, 0.2) is 34.2 Å². The number of nitrogens with two attached hydrogens (primary N) is 1. The van der Waals surface area contributed by atoms with Crippen molar-refractivity contribution in [2.75, 3.05) is 12.8 Å². The summed E-state index contributed by atoms with van der Waals surface area (Å²) in [7, 11) is 2.95. The molecule has 2 aromatic rings. The number of aryl methyl sites for hydroxylation is 1. The second kappa shape index (κ2) is 5.76. The van der Waals surface area contributed by atoms with Gasteiger partial charge in [-0.15, -0.1) is 0 Å². The fourth-order valence-electron chi connectivity index (χ4n) is 2.07. The first-order valence-corrected chi connectivity index (χ1v) is 6.22. The number of non-ortho nitro benzene ring substituents is 1. The van der Waals surface area contributed by atoms with Crippen LogP contribution in [-0.2, 0) is 7.05 Å². The number of pyridine rings is 1. The summed E-state index contributed by atoms with van der Waals surface area (Å²) in [6.45, 7) is 0. The first kappa shape index (κ1) is 15.4. The predicted octanol–water partition coefficient (Wildman–Crippen LogP) is 1.73. The summed E-state index contributed by atoms with van der Waals surface area (Å²) in [5.74, 6) is -0.671. The maximum Gasteiger partial charge on any atom is 0.270 e. The molecule has 0 fully saturated rings. The van der Waals surface area contributed by atoms with Gasteiger partial charge in [-0.25, -0.2) is 4.39 Å². The number of nitro benzene ring substituents is 1. The van der Waals surface area contributed by atoms with Crippen LogP contribution in [0.3, 0.4) is 0 Å². The molecule has 0 atom stereocenters. The molecule has 0 radical (unpaired) electrons. The molecule has 0 saturated carbocycles. The number of aromatic nitrogens is 1. The Morgan fingerprint density at radius 1 is 1.41 bits per heavy atom. The number of aliphatic imine (C=N–C) groups is 1. The largest absolute Gasteiger partial charge is 0.397 e. The normalized spacial score (nSPS) is 11.0. The van der Waals surface area contributed by atoms with Gasteiger partial charge in [0.15, 0.2) is 0 Å². The molecule has 2 N–H and O–H groups in total. The highest BCUT2D eigenvalue weighted by molar-refractivity contribution is 5.93. The van der Waals surface area contributed by atoms with E-state index in [1.165, 1.54) is 31.1 Å². The van der Waals surface area contributed by atoms with Gasteiger partial charge in [-0.05, 0) is 6.07 Å². The molecule has 8 heteroatoms. The first-order chi connectivity index (χ1) is 10.4. The predicted molar refractivity (Wildman–Crippen MR) is 81.7 cm³/mol. The number of halogens is 1. The molecule has 0 bridgehead atoms. The van der Waals surface area contributed by atoms with E-state index in [9.17, 15) is 19.3 Å². The number of rotatable bonds is 3. The molecule has 0 aliphatic rings. The number of nitrogen functional groups attached to an aromatic ring is 1. The van der Waals surface area contributed by atoms with E-state index in [1.54, 1.807) is 0 Å². The lowest BCUT2D eigenvalue weighted by Gasteiger charge is -2.11. The molecule has 0 aliphatic carbocycles. The Morgan fingerprint density at radius 3 is 2.68 bits per heavy atom. The maximum atomic E-state index is 14.0. The average molecular weight is 304 g/mol. The highest BCUT2D eigenvalue weighted by Crippen LogP contribution is 2.31. The summed E-state index contributed by atoms with van der Waals surface area (Å²) in [4.78, 5) is 26.0. The summed E-state index contributed by atoms with van der Waals surface area (Å²) < 4.78 is 15.3. The van der Waals surface area contributed by atoms with Crippen molar-refractivity contribution in [1.29, 1.82) is 0 Å². The van der Waals surface area contributed by atoms with Crippen LogP contribution in [-0.4, -0.2) is 22.8 Å². The van der Waals surface area contributed by atoms with Crippen LogP contribution in [0.5, 0.6) is 0 Å². The highest BCUT2D eigenvalue weighted by atomic mass is 19.1. The van der Waals surface area contributed by atoms with Crippen LogP contribution in [0.4, 0.5) is 15.8 Å². The van der Waals surface area contributed by atoms with E-state index in [0.29, 0.717) is 0 Å². The third kappa shape index (κ3) is 2.58. The first-order valence-electron chi connectivity index (χ1n) is 6.22. The van der Waals surface area contributed by atoms with E-state index in [0.717, 1.165) is 18.2 Å². The van der Waals surface area contributed by atoms with Gasteiger partial charge >= 0.3 is 0 Å². The standard InChI is InChI=1S/C14H13FN4O3/c1-17-6-10-13(16)11(7-18(2)14(10)20)9-5-8(19(21)22)3-4-12(9)15/h3-7H,16H2,1-2H3. The molecule has 0 spiro atoms. The molecule has 22 heavy (non-hydrogen) atoms. The van der Waals surface area contributed by atoms with E-state index in [2.05, 4.69) is 4.99 Å². The van der Waals surface area contributed by atoms with Crippen molar-refractivity contribution in [3.63, 3.8) is 0 Å². The number of nitro groups is 1. The summed E-state index contributed by atoms with van der Waals surface area (Å²) in [6.07, 6.45) is 2.61. The molecule has 0 aliphatic heterocycles. The molecule has 0 saturated heterocycles. The summed E-state index contributed by atoms with van der Waals surface area (Å²) in [5, 5.41) is 10.8. The fraction of sp³-hybridized carbons (Fsp3) is 0.143. The Bertz CT molecular complexity index is 843. The average Bonchev–Trinajstić information content (AvgIpc) is 2.48. The van der Waals surface area contributed by atoms with Crippen molar-refractivity contribution in [3.05, 3.63) is 56.2 Å². The summed E-state index contributed by atoms with van der Waals surface area (Å²) in [6, 6.07) is 3.13. The molecule has 0 amide bonds. The Hall–Kier alpha value is -3.03. The van der Waals surface area contributed by atoms with Crippen LogP contribution in [0, 0.1) is 15.9 Å². The van der Waals surface area contributed by atoms with Crippen LogP contribution < -0.4 is 11.3 Å². The topological polar surface area (TPSA) is 104 Å². The van der Waals surface area contributed by atoms with Crippen molar-refractivity contribution in [2.24, 2.45) is 12.0 Å². The second-order valence-corrected chi connectivity index (χ2v) is 4.59. The van der Waals surface area contributed by atoms with Gasteiger partial charge in [0.1, 0.15) is 5.82 Å². The molecule has 114 valence electrons. The number of benzene rings is 1. The Morgan fingerprint density at radius 2 is 2.09 bits per heavy atom. The third-order valence-corrected chi connectivity index (χ3v) is 3.16. The minimum absolute atomic E-state index is 0.0214. The van der Waals surface area contributed by atoms with Crippen LogP contribution >= 0.6 is 0 Å². The van der Waals surface area contributed by atoms with Gasteiger partial charge < -0.3 is 10.3 Å². The summed E-state index contributed by atoms with van der Waals surface area (Å²) >= 11 is 0. The quantitative estimate of drug-likeness (QED) is 0.529. The van der Waals surface area contributed by atoms with Gasteiger partial charge in [-0.1, -0.05) is 0 Å². The van der Waals surface area contributed by atoms with Crippen molar-refractivity contribution in [3.8, 4) is 11.1 Å². The molecule has 1 aromatic carbocycles. The van der Waals surface area contributed by atoms with Crippen molar-refractivity contribution in [2.45, 2.75) is 0 Å². The van der Waals surface area contributed by atoms with E-state index >= 15 is 0 Å². The van der Waals surface area contributed by atoms with E-state index < -0.39 is 16.3 Å². The fourth-order valence-corrected chi connectivity index (χ4v) is 2.07. The zero-order chi connectivity index (χ0) is 16.4. The summed E-state index contributed by atoms with van der Waals surface area (Å²) in [5.41, 5.74) is 5.54. The molecule has 1 heterocycles. The number of anilines is 1. The second-order valence-electron chi connectivity index (χ2n) is 4.59. The van der Waals surface area contributed by atoms with Crippen molar-refractivity contribution >= 4 is 17.6 Å². The molecule has 7 nitrogen and oxygen atoms in total. The minimum Gasteiger partial charge on any atom is -0.397 e. The van der Waals surface area contributed by atoms with E-state index in [1.807, 2.05) is 0 Å². The SMILES string of the molecule is CN=Cc1c(N)c(-c2cc([N+](=O)[O-])ccc2F)cn(C)c1=O. The van der Waals surface area contributed by atoms with Crippen molar-refractivity contribution in [1.82, 2.24) is 4.57 Å². The minimum atomic E-state index is -0.671. The van der Waals surface area contributed by atoms with Crippen LogP contribution in [0.2, 0.25) is 0 Å². The maximum absolute atomic E-state index is 14.0.